The van der Waals surface area contributed by atoms with E-state index in [4.69, 9.17) is 10.7 Å². The maximum atomic E-state index is 6.15. The van der Waals surface area contributed by atoms with Gasteiger partial charge in [0.05, 0.1) is 11.7 Å². The zero-order chi connectivity index (χ0) is 12.9. The molecule has 0 fully saturated rings. The van der Waals surface area contributed by atoms with Crippen molar-refractivity contribution in [3.63, 3.8) is 0 Å². The fourth-order valence-corrected chi connectivity index (χ4v) is 2.90. The van der Waals surface area contributed by atoms with Crippen molar-refractivity contribution in [3.05, 3.63) is 39.8 Å². The first-order valence-corrected chi connectivity index (χ1v) is 6.99. The highest BCUT2D eigenvalue weighted by Gasteiger charge is 2.26. The fourth-order valence-electron chi connectivity index (χ4n) is 2.39. The van der Waals surface area contributed by atoms with E-state index in [1.165, 1.54) is 16.8 Å². The molecule has 0 radical (unpaired) electrons. The minimum Gasteiger partial charge on any atom is -0.344 e. The molecule has 0 aliphatic heterocycles. The molecule has 1 aromatic heterocycles. The lowest BCUT2D eigenvalue weighted by atomic mass is 10.1. The van der Waals surface area contributed by atoms with E-state index >= 15 is 0 Å². The summed E-state index contributed by atoms with van der Waals surface area (Å²) in [6.45, 7) is 4.23. The van der Waals surface area contributed by atoms with Crippen molar-refractivity contribution in [2.24, 2.45) is 11.7 Å². The number of hydrogen-bond acceptors (Lipinski definition) is 2. The number of nitrogens with zero attached hydrogens (tertiary/aromatic N) is 1. The first kappa shape index (κ1) is 11.9. The van der Waals surface area contributed by atoms with Crippen molar-refractivity contribution in [3.8, 4) is 11.3 Å². The third kappa shape index (κ3) is 1.71. The van der Waals surface area contributed by atoms with E-state index in [0.29, 0.717) is 5.92 Å². The van der Waals surface area contributed by atoms with Crippen molar-refractivity contribution in [1.82, 2.24) is 9.97 Å². The van der Waals surface area contributed by atoms with Gasteiger partial charge in [-0.3, -0.25) is 0 Å². The van der Waals surface area contributed by atoms with E-state index < -0.39 is 0 Å². The molecule has 1 aromatic carbocycles. The Kier molecular flexibility index (Phi) is 2.79. The van der Waals surface area contributed by atoms with Gasteiger partial charge in [-0.1, -0.05) is 41.9 Å². The summed E-state index contributed by atoms with van der Waals surface area (Å²) < 4.78 is 1.15. The first-order chi connectivity index (χ1) is 8.58. The van der Waals surface area contributed by atoms with Crippen LogP contribution in [0.3, 0.4) is 0 Å². The van der Waals surface area contributed by atoms with Crippen molar-refractivity contribution in [2.75, 3.05) is 0 Å². The normalized spacial score (nSPS) is 14.7. The Morgan fingerprint density at radius 1 is 1.39 bits per heavy atom. The van der Waals surface area contributed by atoms with Crippen LogP contribution < -0.4 is 5.73 Å². The van der Waals surface area contributed by atoms with Crippen molar-refractivity contribution >= 4 is 15.9 Å². The lowest BCUT2D eigenvalue weighted by Gasteiger charge is -2.12. The van der Waals surface area contributed by atoms with Crippen LogP contribution in [0.4, 0.5) is 0 Å². The van der Waals surface area contributed by atoms with Gasteiger partial charge in [0.25, 0.3) is 0 Å². The van der Waals surface area contributed by atoms with Crippen molar-refractivity contribution in [1.29, 1.82) is 0 Å². The molecule has 4 heteroatoms. The number of aromatic nitrogens is 2. The summed E-state index contributed by atoms with van der Waals surface area (Å²) in [7, 11) is 0. The standard InChI is InChI=1S/C14H16BrN3/c1-7(2)12(16)14-17-11-6-9-8(13(11)18-14)4-3-5-10(9)15/h3-5,7,12H,6,16H2,1-2H3,(H,17,18). The second-order valence-electron chi connectivity index (χ2n) is 5.16. The lowest BCUT2D eigenvalue weighted by Crippen LogP contribution is -2.18. The number of imidazole rings is 1. The first-order valence-electron chi connectivity index (χ1n) is 6.20. The van der Waals surface area contributed by atoms with Gasteiger partial charge in [-0.15, -0.1) is 0 Å². The summed E-state index contributed by atoms with van der Waals surface area (Å²) in [6.07, 6.45) is 0.907. The van der Waals surface area contributed by atoms with Crippen molar-refractivity contribution < 1.29 is 0 Å². The minimum absolute atomic E-state index is 0.0220. The SMILES string of the molecule is CC(C)C(N)c1nc2c([nH]1)Cc1c(Br)cccc1-2. The van der Waals surface area contributed by atoms with E-state index in [-0.39, 0.29) is 6.04 Å². The van der Waals surface area contributed by atoms with Crippen LogP contribution in [0, 0.1) is 5.92 Å². The second-order valence-corrected chi connectivity index (χ2v) is 6.02. The summed E-state index contributed by atoms with van der Waals surface area (Å²) in [6, 6.07) is 6.23. The highest BCUT2D eigenvalue weighted by atomic mass is 79.9. The molecule has 1 aliphatic rings. The number of rotatable bonds is 2. The Morgan fingerprint density at radius 3 is 2.89 bits per heavy atom. The zero-order valence-corrected chi connectivity index (χ0v) is 12.1. The van der Waals surface area contributed by atoms with Gasteiger partial charge in [0.2, 0.25) is 0 Å². The summed E-state index contributed by atoms with van der Waals surface area (Å²) in [5, 5.41) is 0. The van der Waals surface area contributed by atoms with E-state index in [1.54, 1.807) is 0 Å². The van der Waals surface area contributed by atoms with E-state index in [0.717, 1.165) is 22.4 Å². The highest BCUT2D eigenvalue weighted by Crippen LogP contribution is 2.39. The molecule has 1 atom stereocenters. The molecule has 18 heavy (non-hydrogen) atoms. The molecular formula is C14H16BrN3. The molecule has 94 valence electrons. The monoisotopic (exact) mass is 305 g/mol. The zero-order valence-electron chi connectivity index (χ0n) is 10.5. The maximum absolute atomic E-state index is 6.15. The van der Waals surface area contributed by atoms with Crippen LogP contribution in [-0.4, -0.2) is 9.97 Å². The lowest BCUT2D eigenvalue weighted by molar-refractivity contribution is 0.493. The molecule has 3 nitrogen and oxygen atoms in total. The molecule has 0 bridgehead atoms. The molecule has 0 spiro atoms. The van der Waals surface area contributed by atoms with E-state index in [1.807, 2.05) is 0 Å². The van der Waals surface area contributed by atoms with Gasteiger partial charge in [0, 0.05) is 22.2 Å². The minimum atomic E-state index is -0.0220. The summed E-state index contributed by atoms with van der Waals surface area (Å²) >= 11 is 3.60. The van der Waals surface area contributed by atoms with Gasteiger partial charge in [-0.25, -0.2) is 4.98 Å². The average molecular weight is 306 g/mol. The maximum Gasteiger partial charge on any atom is 0.124 e. The molecule has 3 rings (SSSR count). The van der Waals surface area contributed by atoms with E-state index in [9.17, 15) is 0 Å². The van der Waals surface area contributed by atoms with Gasteiger partial charge in [0.1, 0.15) is 5.82 Å². The molecule has 0 saturated carbocycles. The van der Waals surface area contributed by atoms with Gasteiger partial charge >= 0.3 is 0 Å². The Balaban J connectivity index is 2.06. The number of fused-ring (bicyclic) bond motifs is 3. The largest absolute Gasteiger partial charge is 0.344 e. The molecule has 1 unspecified atom stereocenters. The quantitative estimate of drug-likeness (QED) is 0.762. The molecular weight excluding hydrogens is 290 g/mol. The predicted octanol–water partition coefficient (Wildman–Crippen LogP) is 3.40. The Morgan fingerprint density at radius 2 is 2.17 bits per heavy atom. The number of halogens is 1. The van der Waals surface area contributed by atoms with Crippen molar-refractivity contribution in [2.45, 2.75) is 26.3 Å². The number of benzene rings is 1. The van der Waals surface area contributed by atoms with Gasteiger partial charge in [-0.05, 0) is 17.5 Å². The molecule has 1 aliphatic carbocycles. The van der Waals surface area contributed by atoms with E-state index in [2.05, 4.69) is 53.0 Å². The fraction of sp³-hybridized carbons (Fsp3) is 0.357. The third-order valence-corrected chi connectivity index (χ3v) is 4.30. The number of aromatic amines is 1. The molecule has 1 heterocycles. The van der Waals surface area contributed by atoms with Crippen LogP contribution in [0.1, 0.15) is 37.0 Å². The van der Waals surface area contributed by atoms with Crippen LogP contribution in [0.2, 0.25) is 0 Å². The molecule has 2 aromatic rings. The van der Waals surface area contributed by atoms with Gasteiger partial charge in [-0.2, -0.15) is 0 Å². The van der Waals surface area contributed by atoms with Gasteiger partial charge in [0.15, 0.2) is 0 Å². The van der Waals surface area contributed by atoms with Crippen LogP contribution in [0.5, 0.6) is 0 Å². The third-order valence-electron chi connectivity index (χ3n) is 3.56. The Hall–Kier alpha value is -1.13. The molecule has 3 N–H and O–H groups in total. The summed E-state index contributed by atoms with van der Waals surface area (Å²) in [5.74, 6) is 1.29. The topological polar surface area (TPSA) is 54.7 Å². The van der Waals surface area contributed by atoms with Crippen LogP contribution in [0.15, 0.2) is 22.7 Å². The smallest absolute Gasteiger partial charge is 0.124 e. The molecule has 0 amide bonds. The summed E-state index contributed by atoms with van der Waals surface area (Å²) in [5.41, 5.74) is 10.9. The number of H-pyrrole nitrogens is 1. The second kappa shape index (κ2) is 4.21. The average Bonchev–Trinajstić information content (AvgIpc) is 2.86. The summed E-state index contributed by atoms with van der Waals surface area (Å²) in [4.78, 5) is 8.08. The number of nitrogens with one attached hydrogen (secondary N) is 1. The van der Waals surface area contributed by atoms with Crippen LogP contribution in [0.25, 0.3) is 11.3 Å². The Labute approximate surface area is 115 Å². The highest BCUT2D eigenvalue weighted by molar-refractivity contribution is 9.10. The Bertz CT molecular complexity index is 601. The molecule has 0 saturated heterocycles. The number of hydrogen-bond donors (Lipinski definition) is 2. The van der Waals surface area contributed by atoms with Crippen LogP contribution >= 0.6 is 15.9 Å². The number of nitrogens with two attached hydrogens (primary N) is 1. The van der Waals surface area contributed by atoms with Gasteiger partial charge < -0.3 is 10.7 Å². The van der Waals surface area contributed by atoms with Crippen LogP contribution in [-0.2, 0) is 6.42 Å². The predicted molar refractivity (Wildman–Crippen MR) is 76.3 cm³/mol.